The summed E-state index contributed by atoms with van der Waals surface area (Å²) in [6.45, 7) is 12.4. The van der Waals surface area contributed by atoms with E-state index in [4.69, 9.17) is 0 Å². The Labute approximate surface area is 127 Å². The Hall–Kier alpha value is -1.36. The van der Waals surface area contributed by atoms with E-state index in [1.54, 1.807) is 10.7 Å². The minimum Gasteiger partial charge on any atom is -0.396 e. The predicted octanol–water partition coefficient (Wildman–Crippen LogP) is 2.48. The lowest BCUT2D eigenvalue weighted by molar-refractivity contribution is 0.0827. The van der Waals surface area contributed by atoms with E-state index >= 15 is 0 Å². The molecule has 2 atom stereocenters. The van der Waals surface area contributed by atoms with E-state index in [9.17, 15) is 9.90 Å². The lowest BCUT2D eigenvalue weighted by Crippen LogP contribution is -2.47. The second-order valence-electron chi connectivity index (χ2n) is 6.61. The predicted molar refractivity (Wildman–Crippen MR) is 84.1 cm³/mol. The zero-order valence-corrected chi connectivity index (χ0v) is 14.0. The van der Waals surface area contributed by atoms with Gasteiger partial charge < -0.3 is 10.4 Å². The molecule has 0 aromatic carbocycles. The van der Waals surface area contributed by atoms with Gasteiger partial charge >= 0.3 is 0 Å². The normalized spacial score (nSPS) is 14.8. The van der Waals surface area contributed by atoms with Crippen LogP contribution in [0.2, 0.25) is 0 Å². The van der Waals surface area contributed by atoms with Gasteiger partial charge in [-0.25, -0.2) is 0 Å². The Balaban J connectivity index is 2.85. The average Bonchev–Trinajstić information content (AvgIpc) is 2.87. The number of aliphatic hydroxyl groups excluding tert-OH is 1. The molecule has 5 nitrogen and oxygen atoms in total. The number of nitrogens with zero attached hydrogens (tertiary/aromatic N) is 2. The number of hydrogen-bond acceptors (Lipinski definition) is 3. The summed E-state index contributed by atoms with van der Waals surface area (Å²) in [7, 11) is 0. The topological polar surface area (TPSA) is 67.2 Å². The molecule has 120 valence electrons. The first-order chi connectivity index (χ1) is 9.77. The smallest absolute Gasteiger partial charge is 0.272 e. The highest BCUT2D eigenvalue weighted by atomic mass is 16.3. The average molecular weight is 295 g/mol. The van der Waals surface area contributed by atoms with Crippen molar-refractivity contribution in [2.75, 3.05) is 6.61 Å². The van der Waals surface area contributed by atoms with Crippen LogP contribution in [0, 0.1) is 17.8 Å². The van der Waals surface area contributed by atoms with Crippen LogP contribution in [0.1, 0.15) is 58.1 Å². The van der Waals surface area contributed by atoms with Gasteiger partial charge in [-0.15, -0.1) is 0 Å². The number of aliphatic hydroxyl groups is 1. The molecule has 0 spiro atoms. The van der Waals surface area contributed by atoms with Gasteiger partial charge in [0.05, 0.1) is 0 Å². The molecule has 0 saturated carbocycles. The molecule has 0 radical (unpaired) electrons. The third-order valence-corrected chi connectivity index (χ3v) is 3.91. The molecule has 5 heteroatoms. The van der Waals surface area contributed by atoms with Crippen molar-refractivity contribution in [3.63, 3.8) is 0 Å². The van der Waals surface area contributed by atoms with Gasteiger partial charge in [0.1, 0.15) is 5.69 Å². The molecule has 1 heterocycles. The molecule has 0 aliphatic carbocycles. The van der Waals surface area contributed by atoms with Crippen molar-refractivity contribution in [1.82, 2.24) is 15.1 Å². The van der Waals surface area contributed by atoms with Crippen LogP contribution in [0.5, 0.6) is 0 Å². The molecule has 1 rings (SSSR count). The fraction of sp³-hybridized carbons (Fsp3) is 0.750. The van der Waals surface area contributed by atoms with E-state index < -0.39 is 0 Å². The van der Waals surface area contributed by atoms with Gasteiger partial charge in [0, 0.05) is 30.8 Å². The van der Waals surface area contributed by atoms with E-state index in [-0.39, 0.29) is 36.4 Å². The Morgan fingerprint density at radius 3 is 2.24 bits per heavy atom. The standard InChI is InChI=1S/C16H29N3O2/c1-10(2)13(9-20)15(11(3)4)17-16(21)14-7-8-19(18-14)12(5)6/h7-8,10-13,15,20H,9H2,1-6H3,(H,17,21). The third-order valence-electron chi connectivity index (χ3n) is 3.91. The van der Waals surface area contributed by atoms with Gasteiger partial charge in [0.2, 0.25) is 0 Å². The van der Waals surface area contributed by atoms with Crippen LogP contribution >= 0.6 is 0 Å². The SMILES string of the molecule is CC(C)C(CO)C(NC(=O)c1ccn(C(C)C)n1)C(C)C. The molecular weight excluding hydrogens is 266 g/mol. The molecule has 21 heavy (non-hydrogen) atoms. The van der Waals surface area contributed by atoms with Crippen molar-refractivity contribution in [3.05, 3.63) is 18.0 Å². The minimum absolute atomic E-state index is 0.0427. The van der Waals surface area contributed by atoms with E-state index in [0.717, 1.165) is 0 Å². The number of nitrogens with one attached hydrogen (secondary N) is 1. The Kier molecular flexibility index (Phi) is 6.40. The maximum absolute atomic E-state index is 12.4. The second kappa shape index (κ2) is 7.59. The highest BCUT2D eigenvalue weighted by molar-refractivity contribution is 5.92. The van der Waals surface area contributed by atoms with Crippen LogP contribution in [0.15, 0.2) is 12.3 Å². The van der Waals surface area contributed by atoms with Gasteiger partial charge in [0.15, 0.2) is 0 Å². The highest BCUT2D eigenvalue weighted by Crippen LogP contribution is 2.21. The van der Waals surface area contributed by atoms with Crippen molar-refractivity contribution in [1.29, 1.82) is 0 Å². The van der Waals surface area contributed by atoms with Crippen LogP contribution in [-0.2, 0) is 0 Å². The largest absolute Gasteiger partial charge is 0.396 e. The monoisotopic (exact) mass is 295 g/mol. The molecule has 2 unspecified atom stereocenters. The number of carbonyl (C=O) groups is 1. The Morgan fingerprint density at radius 2 is 1.86 bits per heavy atom. The molecular formula is C16H29N3O2. The first-order valence-electron chi connectivity index (χ1n) is 7.74. The number of aromatic nitrogens is 2. The van der Waals surface area contributed by atoms with Crippen molar-refractivity contribution >= 4 is 5.91 Å². The van der Waals surface area contributed by atoms with Crippen molar-refractivity contribution < 1.29 is 9.90 Å². The minimum atomic E-state index is -0.174. The lowest BCUT2D eigenvalue weighted by Gasteiger charge is -2.32. The van der Waals surface area contributed by atoms with E-state index in [2.05, 4.69) is 38.1 Å². The van der Waals surface area contributed by atoms with Crippen molar-refractivity contribution in [2.24, 2.45) is 17.8 Å². The Bertz CT molecular complexity index is 452. The van der Waals surface area contributed by atoms with Crippen LogP contribution in [0.25, 0.3) is 0 Å². The second-order valence-corrected chi connectivity index (χ2v) is 6.61. The summed E-state index contributed by atoms with van der Waals surface area (Å²) in [5.41, 5.74) is 0.426. The van der Waals surface area contributed by atoms with Crippen molar-refractivity contribution in [2.45, 2.75) is 53.6 Å². The van der Waals surface area contributed by atoms with Gasteiger partial charge in [-0.1, -0.05) is 27.7 Å². The number of rotatable bonds is 7. The highest BCUT2D eigenvalue weighted by Gasteiger charge is 2.28. The lowest BCUT2D eigenvalue weighted by atomic mass is 9.83. The maximum atomic E-state index is 12.4. The third kappa shape index (κ3) is 4.56. The molecule has 1 aromatic rings. The molecule has 1 amide bonds. The number of carbonyl (C=O) groups excluding carboxylic acids is 1. The molecule has 2 N–H and O–H groups in total. The maximum Gasteiger partial charge on any atom is 0.272 e. The summed E-state index contributed by atoms with van der Waals surface area (Å²) in [4.78, 5) is 12.4. The molecule has 0 aliphatic heterocycles. The van der Waals surface area contributed by atoms with Gasteiger partial charge in [-0.2, -0.15) is 5.10 Å². The van der Waals surface area contributed by atoms with Gasteiger partial charge in [0.25, 0.3) is 5.91 Å². The first-order valence-corrected chi connectivity index (χ1v) is 7.74. The molecule has 0 aliphatic rings. The van der Waals surface area contributed by atoms with Crippen molar-refractivity contribution in [3.8, 4) is 0 Å². The molecule has 0 saturated heterocycles. The zero-order valence-electron chi connectivity index (χ0n) is 14.0. The summed E-state index contributed by atoms with van der Waals surface area (Å²) >= 11 is 0. The summed E-state index contributed by atoms with van der Waals surface area (Å²) in [5, 5.41) is 16.9. The van der Waals surface area contributed by atoms with Crippen LogP contribution in [0.4, 0.5) is 0 Å². The molecule has 0 bridgehead atoms. The van der Waals surface area contributed by atoms with Crippen LogP contribution < -0.4 is 5.32 Å². The fourth-order valence-corrected chi connectivity index (χ4v) is 2.48. The fourth-order valence-electron chi connectivity index (χ4n) is 2.48. The summed E-state index contributed by atoms with van der Waals surface area (Å²) in [6.07, 6.45) is 1.82. The van der Waals surface area contributed by atoms with Crippen LogP contribution in [0.3, 0.4) is 0 Å². The molecule has 0 fully saturated rings. The summed E-state index contributed by atoms with van der Waals surface area (Å²) in [5.74, 6) is 0.421. The first kappa shape index (κ1) is 17.7. The van der Waals surface area contributed by atoms with Gasteiger partial charge in [-0.05, 0) is 31.7 Å². The Morgan fingerprint density at radius 1 is 1.24 bits per heavy atom. The molecule has 1 aromatic heterocycles. The zero-order chi connectivity index (χ0) is 16.2. The van der Waals surface area contributed by atoms with E-state index in [1.165, 1.54) is 0 Å². The summed E-state index contributed by atoms with van der Waals surface area (Å²) in [6, 6.07) is 1.90. The van der Waals surface area contributed by atoms with E-state index in [1.807, 2.05) is 20.0 Å². The van der Waals surface area contributed by atoms with E-state index in [0.29, 0.717) is 11.6 Å². The van der Waals surface area contributed by atoms with Gasteiger partial charge in [-0.3, -0.25) is 9.48 Å². The van der Waals surface area contributed by atoms with Crippen LogP contribution in [-0.4, -0.2) is 33.4 Å². The quantitative estimate of drug-likeness (QED) is 0.812. The summed E-state index contributed by atoms with van der Waals surface area (Å²) < 4.78 is 1.77. The number of hydrogen-bond donors (Lipinski definition) is 2. The number of amides is 1.